The van der Waals surface area contributed by atoms with Crippen LogP contribution in [0, 0.1) is 6.92 Å². The summed E-state index contributed by atoms with van der Waals surface area (Å²) < 4.78 is 5.67. The van der Waals surface area contributed by atoms with Gasteiger partial charge in [0.15, 0.2) is 0 Å². The number of halogens is 1. The quantitative estimate of drug-likeness (QED) is 0.700. The largest absolute Gasteiger partial charge is 0.478 e. The monoisotopic (exact) mass is 355 g/mol. The fourth-order valence-corrected chi connectivity index (χ4v) is 2.48. The second kappa shape index (κ2) is 6.83. The number of furan rings is 1. The summed E-state index contributed by atoms with van der Waals surface area (Å²) in [6, 6.07) is 14.7. The first-order chi connectivity index (χ1) is 11.9. The van der Waals surface area contributed by atoms with Crippen LogP contribution in [0.3, 0.4) is 0 Å². The van der Waals surface area contributed by atoms with Crippen molar-refractivity contribution in [3.63, 3.8) is 0 Å². The molecule has 1 aromatic heterocycles. The highest BCUT2D eigenvalue weighted by Gasteiger charge is 2.16. The zero-order valence-electron chi connectivity index (χ0n) is 13.2. The maximum atomic E-state index is 12.4. The third-order valence-electron chi connectivity index (χ3n) is 3.68. The minimum atomic E-state index is -1.02. The Morgan fingerprint density at radius 1 is 1.04 bits per heavy atom. The molecule has 0 aliphatic carbocycles. The smallest absolute Gasteiger partial charge is 0.335 e. The molecule has 0 unspecified atom stereocenters. The van der Waals surface area contributed by atoms with E-state index < -0.39 is 5.97 Å². The van der Waals surface area contributed by atoms with Crippen molar-refractivity contribution in [2.75, 3.05) is 5.32 Å². The van der Waals surface area contributed by atoms with Gasteiger partial charge in [-0.2, -0.15) is 0 Å². The van der Waals surface area contributed by atoms with Crippen molar-refractivity contribution in [1.82, 2.24) is 0 Å². The number of hydrogen-bond donors (Lipinski definition) is 2. The summed E-state index contributed by atoms with van der Waals surface area (Å²) in [5.41, 5.74) is 1.88. The molecule has 3 rings (SSSR count). The molecule has 1 amide bonds. The summed E-state index contributed by atoms with van der Waals surface area (Å²) >= 11 is 5.88. The van der Waals surface area contributed by atoms with Crippen LogP contribution >= 0.6 is 11.6 Å². The summed E-state index contributed by atoms with van der Waals surface area (Å²) in [6.45, 7) is 1.71. The maximum Gasteiger partial charge on any atom is 0.335 e. The molecule has 1 heterocycles. The first kappa shape index (κ1) is 16.8. The lowest BCUT2D eigenvalue weighted by Crippen LogP contribution is -2.12. The number of carbonyl (C=O) groups excluding carboxylic acids is 1. The molecule has 0 aliphatic rings. The number of rotatable bonds is 4. The summed E-state index contributed by atoms with van der Waals surface area (Å²) in [4.78, 5) is 23.3. The van der Waals surface area contributed by atoms with E-state index in [1.54, 1.807) is 25.1 Å². The van der Waals surface area contributed by atoms with Crippen molar-refractivity contribution >= 4 is 29.2 Å². The standard InChI is InChI=1S/C19H14ClNO4/c1-11-16(10-17(25-11)12-2-6-14(20)7-3-12)18(22)21-15-8-4-13(5-9-15)19(23)24/h2-10H,1H3,(H,21,22)(H,23,24). The van der Waals surface area contributed by atoms with Gasteiger partial charge in [-0.15, -0.1) is 0 Å². The summed E-state index contributed by atoms with van der Waals surface area (Å²) in [5.74, 6) is -0.286. The predicted octanol–water partition coefficient (Wildman–Crippen LogP) is 4.86. The second-order valence-corrected chi connectivity index (χ2v) is 5.86. The minimum absolute atomic E-state index is 0.155. The molecule has 0 aliphatic heterocycles. The lowest BCUT2D eigenvalue weighted by Gasteiger charge is -2.04. The van der Waals surface area contributed by atoms with E-state index in [-0.39, 0.29) is 11.5 Å². The molecule has 6 heteroatoms. The molecular weight excluding hydrogens is 342 g/mol. The number of benzene rings is 2. The second-order valence-electron chi connectivity index (χ2n) is 5.42. The molecular formula is C19H14ClNO4. The van der Waals surface area contributed by atoms with Crippen LogP contribution in [-0.4, -0.2) is 17.0 Å². The molecule has 0 saturated carbocycles. The summed E-state index contributed by atoms with van der Waals surface area (Å²) in [5, 5.41) is 12.2. The van der Waals surface area contributed by atoms with Crippen molar-refractivity contribution in [3.05, 3.63) is 76.5 Å². The number of carboxylic acids is 1. The van der Waals surface area contributed by atoms with Crippen LogP contribution in [0.5, 0.6) is 0 Å². The normalized spacial score (nSPS) is 10.5. The van der Waals surface area contributed by atoms with E-state index in [4.69, 9.17) is 21.1 Å². The van der Waals surface area contributed by atoms with E-state index in [0.717, 1.165) is 5.56 Å². The summed E-state index contributed by atoms with van der Waals surface area (Å²) in [7, 11) is 0. The molecule has 0 bridgehead atoms. The molecule has 3 aromatic rings. The van der Waals surface area contributed by atoms with Gasteiger partial charge in [0.25, 0.3) is 5.91 Å². The van der Waals surface area contributed by atoms with E-state index in [0.29, 0.717) is 27.8 Å². The van der Waals surface area contributed by atoms with Crippen molar-refractivity contribution in [2.45, 2.75) is 6.92 Å². The Bertz CT molecular complexity index is 927. The third-order valence-corrected chi connectivity index (χ3v) is 3.93. The lowest BCUT2D eigenvalue weighted by atomic mass is 10.1. The molecule has 0 atom stereocenters. The zero-order chi connectivity index (χ0) is 18.0. The van der Waals surface area contributed by atoms with Crippen molar-refractivity contribution in [2.24, 2.45) is 0 Å². The number of nitrogens with one attached hydrogen (secondary N) is 1. The summed E-state index contributed by atoms with van der Waals surface area (Å²) in [6.07, 6.45) is 0. The highest BCUT2D eigenvalue weighted by Crippen LogP contribution is 2.27. The minimum Gasteiger partial charge on any atom is -0.478 e. The highest BCUT2D eigenvalue weighted by molar-refractivity contribution is 6.30. The average molecular weight is 356 g/mol. The number of carboxylic acid groups (broad SMARTS) is 1. The number of aromatic carboxylic acids is 1. The molecule has 0 fully saturated rings. The van der Waals surface area contributed by atoms with Gasteiger partial charge >= 0.3 is 5.97 Å². The van der Waals surface area contributed by atoms with E-state index in [1.165, 1.54) is 24.3 Å². The molecule has 25 heavy (non-hydrogen) atoms. The number of aryl methyl sites for hydroxylation is 1. The van der Waals surface area contributed by atoms with Gasteiger partial charge in [0.1, 0.15) is 11.5 Å². The Hall–Kier alpha value is -3.05. The van der Waals surface area contributed by atoms with E-state index in [2.05, 4.69) is 5.32 Å². The van der Waals surface area contributed by atoms with Gasteiger partial charge in [-0.3, -0.25) is 4.79 Å². The molecule has 0 spiro atoms. The van der Waals surface area contributed by atoms with Crippen molar-refractivity contribution < 1.29 is 19.1 Å². The Labute approximate surface area is 148 Å². The van der Waals surface area contributed by atoms with Crippen molar-refractivity contribution in [1.29, 1.82) is 0 Å². The van der Waals surface area contributed by atoms with Crippen LogP contribution < -0.4 is 5.32 Å². The molecule has 126 valence electrons. The van der Waals surface area contributed by atoms with Crippen LogP contribution in [-0.2, 0) is 0 Å². The molecule has 2 aromatic carbocycles. The first-order valence-electron chi connectivity index (χ1n) is 7.45. The first-order valence-corrected chi connectivity index (χ1v) is 7.83. The Morgan fingerprint density at radius 2 is 1.68 bits per heavy atom. The van der Waals surface area contributed by atoms with Crippen LogP contribution in [0.4, 0.5) is 5.69 Å². The van der Waals surface area contributed by atoms with E-state index in [1.807, 2.05) is 12.1 Å². The van der Waals surface area contributed by atoms with Gasteiger partial charge in [0.05, 0.1) is 11.1 Å². The molecule has 5 nitrogen and oxygen atoms in total. The van der Waals surface area contributed by atoms with Gasteiger partial charge in [-0.05, 0) is 61.5 Å². The van der Waals surface area contributed by atoms with Gasteiger partial charge < -0.3 is 14.8 Å². The van der Waals surface area contributed by atoms with Gasteiger partial charge in [0, 0.05) is 16.3 Å². The predicted molar refractivity (Wildman–Crippen MR) is 95.2 cm³/mol. The number of carbonyl (C=O) groups is 2. The van der Waals surface area contributed by atoms with Gasteiger partial charge in [-0.1, -0.05) is 11.6 Å². The Balaban J connectivity index is 1.80. The maximum absolute atomic E-state index is 12.4. The Kier molecular flexibility index (Phi) is 4.59. The lowest BCUT2D eigenvalue weighted by molar-refractivity contribution is 0.0696. The van der Waals surface area contributed by atoms with Gasteiger partial charge in [-0.25, -0.2) is 4.79 Å². The van der Waals surface area contributed by atoms with Gasteiger partial charge in [0.2, 0.25) is 0 Å². The van der Waals surface area contributed by atoms with Crippen LogP contribution in [0.1, 0.15) is 26.5 Å². The zero-order valence-corrected chi connectivity index (χ0v) is 14.0. The van der Waals surface area contributed by atoms with E-state index >= 15 is 0 Å². The Morgan fingerprint density at radius 3 is 2.28 bits per heavy atom. The van der Waals surface area contributed by atoms with Crippen molar-refractivity contribution in [3.8, 4) is 11.3 Å². The highest BCUT2D eigenvalue weighted by atomic mass is 35.5. The molecule has 0 radical (unpaired) electrons. The van der Waals surface area contributed by atoms with E-state index in [9.17, 15) is 9.59 Å². The van der Waals surface area contributed by atoms with Crippen LogP contribution in [0.2, 0.25) is 5.02 Å². The van der Waals surface area contributed by atoms with Crippen LogP contribution in [0.25, 0.3) is 11.3 Å². The number of anilines is 1. The average Bonchev–Trinajstić information content (AvgIpc) is 2.98. The number of amides is 1. The van der Waals surface area contributed by atoms with Crippen LogP contribution in [0.15, 0.2) is 59.0 Å². The fraction of sp³-hybridized carbons (Fsp3) is 0.0526. The topological polar surface area (TPSA) is 79.5 Å². The number of hydrogen-bond acceptors (Lipinski definition) is 3. The molecule has 0 saturated heterocycles. The SMILES string of the molecule is Cc1oc(-c2ccc(Cl)cc2)cc1C(=O)Nc1ccc(C(=O)O)cc1. The third kappa shape index (κ3) is 3.72. The molecule has 2 N–H and O–H groups in total. The fourth-order valence-electron chi connectivity index (χ4n) is 2.36.